The molecule has 29 heavy (non-hydrogen) atoms. The Morgan fingerprint density at radius 1 is 0.552 bits per heavy atom. The maximum Gasteiger partial charge on any atom is 0.0480 e. The van der Waals surface area contributed by atoms with Crippen LogP contribution in [0, 0.1) is 0 Å². The van der Waals surface area contributed by atoms with Gasteiger partial charge in [0, 0.05) is 28.8 Å². The maximum atomic E-state index is 6.23. The lowest BCUT2D eigenvalue weighted by molar-refractivity contribution is 1.28. The predicted molar refractivity (Wildman–Crippen MR) is 126 cm³/mol. The van der Waals surface area contributed by atoms with Crippen LogP contribution in [0.3, 0.4) is 0 Å². The monoisotopic (exact) mass is 417 g/mol. The van der Waals surface area contributed by atoms with Crippen LogP contribution in [0.1, 0.15) is 11.1 Å². The summed E-state index contributed by atoms with van der Waals surface area (Å²) in [7, 11) is 0. The highest BCUT2D eigenvalue weighted by Crippen LogP contribution is 2.37. The van der Waals surface area contributed by atoms with Crippen molar-refractivity contribution in [3.63, 3.8) is 0 Å². The SMILES string of the molecule is ClCc1ccc(CCl)c(-c2cccc(N(c3ccccc3)c3ccccc3)c2)c1. The molecule has 0 fully saturated rings. The highest BCUT2D eigenvalue weighted by molar-refractivity contribution is 6.18. The fraction of sp³-hybridized carbons (Fsp3) is 0.0769. The standard InChI is InChI=1S/C26H21Cl2N/c27-18-20-14-15-22(19-28)26(16-20)21-8-7-13-25(17-21)29(23-9-3-1-4-10-23)24-11-5-2-6-12-24/h1-17H,18-19H2. The van der Waals surface area contributed by atoms with E-state index in [4.69, 9.17) is 23.2 Å². The molecule has 3 heteroatoms. The van der Waals surface area contributed by atoms with Gasteiger partial charge in [-0.2, -0.15) is 0 Å². The first-order valence-corrected chi connectivity index (χ1v) is 10.6. The van der Waals surface area contributed by atoms with Gasteiger partial charge in [0.25, 0.3) is 0 Å². The number of halogens is 2. The lowest BCUT2D eigenvalue weighted by atomic mass is 9.97. The first kappa shape index (κ1) is 19.6. The summed E-state index contributed by atoms with van der Waals surface area (Å²) < 4.78 is 0. The fourth-order valence-corrected chi connectivity index (χ4v) is 3.91. The van der Waals surface area contributed by atoms with Gasteiger partial charge in [-0.1, -0.05) is 60.7 Å². The average Bonchev–Trinajstić information content (AvgIpc) is 2.80. The van der Waals surface area contributed by atoms with Crippen LogP contribution in [0.2, 0.25) is 0 Å². The minimum atomic E-state index is 0.462. The summed E-state index contributed by atoms with van der Waals surface area (Å²) in [5.74, 6) is 0.943. The number of para-hydroxylation sites is 2. The molecule has 0 saturated carbocycles. The lowest BCUT2D eigenvalue weighted by Gasteiger charge is -2.26. The zero-order valence-corrected chi connectivity index (χ0v) is 17.4. The van der Waals surface area contributed by atoms with Gasteiger partial charge in [-0.15, -0.1) is 23.2 Å². The third-order valence-corrected chi connectivity index (χ3v) is 5.51. The van der Waals surface area contributed by atoms with Crippen molar-refractivity contribution in [2.45, 2.75) is 11.8 Å². The second-order valence-corrected chi connectivity index (χ2v) is 7.35. The van der Waals surface area contributed by atoms with E-state index in [2.05, 4.69) is 89.8 Å². The summed E-state index contributed by atoms with van der Waals surface area (Å²) >= 11 is 12.3. The van der Waals surface area contributed by atoms with E-state index < -0.39 is 0 Å². The van der Waals surface area contributed by atoms with E-state index in [0.29, 0.717) is 11.8 Å². The quantitative estimate of drug-likeness (QED) is 0.285. The first-order valence-electron chi connectivity index (χ1n) is 9.54. The number of anilines is 3. The van der Waals surface area contributed by atoms with Crippen molar-refractivity contribution < 1.29 is 0 Å². The van der Waals surface area contributed by atoms with Gasteiger partial charge in [-0.05, 0) is 64.7 Å². The molecule has 0 radical (unpaired) electrons. The Bertz CT molecular complexity index is 1040. The normalized spacial score (nSPS) is 10.7. The van der Waals surface area contributed by atoms with Crippen LogP contribution in [0.15, 0.2) is 103 Å². The van der Waals surface area contributed by atoms with Crippen LogP contribution in [0.4, 0.5) is 17.1 Å². The van der Waals surface area contributed by atoms with Crippen molar-refractivity contribution in [2.75, 3.05) is 4.90 Å². The molecule has 0 saturated heterocycles. The summed E-state index contributed by atoms with van der Waals surface area (Å²) in [6.45, 7) is 0. The molecule has 144 valence electrons. The summed E-state index contributed by atoms with van der Waals surface area (Å²) in [4.78, 5) is 2.26. The van der Waals surface area contributed by atoms with Crippen LogP contribution in [-0.4, -0.2) is 0 Å². The molecule has 1 nitrogen and oxygen atoms in total. The molecule has 0 aliphatic carbocycles. The highest BCUT2D eigenvalue weighted by atomic mass is 35.5. The zero-order chi connectivity index (χ0) is 20.1. The summed E-state index contributed by atoms with van der Waals surface area (Å²) in [5, 5.41) is 0. The highest BCUT2D eigenvalue weighted by Gasteiger charge is 2.14. The molecule has 0 unspecified atom stereocenters. The van der Waals surface area contributed by atoms with Gasteiger partial charge in [-0.25, -0.2) is 0 Å². The molecule has 0 aromatic heterocycles. The van der Waals surface area contributed by atoms with Crippen LogP contribution >= 0.6 is 23.2 Å². The van der Waals surface area contributed by atoms with Crippen LogP contribution in [0.5, 0.6) is 0 Å². The van der Waals surface area contributed by atoms with Gasteiger partial charge >= 0.3 is 0 Å². The molecular formula is C26H21Cl2N. The van der Waals surface area contributed by atoms with E-state index in [-0.39, 0.29) is 0 Å². The van der Waals surface area contributed by atoms with Gasteiger partial charge in [0.1, 0.15) is 0 Å². The Labute approximate surface area is 182 Å². The molecular weight excluding hydrogens is 397 g/mol. The van der Waals surface area contributed by atoms with Crippen molar-refractivity contribution >= 4 is 40.3 Å². The molecule has 0 heterocycles. The average molecular weight is 418 g/mol. The van der Waals surface area contributed by atoms with Crippen molar-refractivity contribution in [3.8, 4) is 11.1 Å². The van der Waals surface area contributed by atoms with Crippen molar-refractivity contribution in [2.24, 2.45) is 0 Å². The number of benzene rings is 4. The molecule has 4 aromatic carbocycles. The molecule has 0 aliphatic heterocycles. The molecule has 0 bridgehead atoms. The second kappa shape index (κ2) is 9.17. The number of nitrogens with zero attached hydrogens (tertiary/aromatic N) is 1. The molecule has 0 N–H and O–H groups in total. The third kappa shape index (κ3) is 4.32. The van der Waals surface area contributed by atoms with Crippen LogP contribution in [-0.2, 0) is 11.8 Å². The van der Waals surface area contributed by atoms with E-state index in [9.17, 15) is 0 Å². The number of hydrogen-bond acceptors (Lipinski definition) is 1. The third-order valence-electron chi connectivity index (χ3n) is 4.92. The van der Waals surface area contributed by atoms with Gasteiger partial charge in [0.2, 0.25) is 0 Å². The predicted octanol–water partition coefficient (Wildman–Crippen LogP) is 8.30. The van der Waals surface area contributed by atoms with Crippen molar-refractivity contribution in [3.05, 3.63) is 114 Å². The summed E-state index contributed by atoms with van der Waals surface area (Å²) in [5.41, 5.74) is 7.76. The van der Waals surface area contributed by atoms with Gasteiger partial charge in [0.05, 0.1) is 0 Å². The minimum Gasteiger partial charge on any atom is -0.310 e. The molecule has 0 aliphatic rings. The van der Waals surface area contributed by atoms with Crippen LogP contribution in [0.25, 0.3) is 11.1 Å². The largest absolute Gasteiger partial charge is 0.310 e. The molecule has 0 amide bonds. The molecule has 0 spiro atoms. The number of hydrogen-bond donors (Lipinski definition) is 0. The van der Waals surface area contributed by atoms with Gasteiger partial charge < -0.3 is 4.90 Å². The van der Waals surface area contributed by atoms with Crippen LogP contribution < -0.4 is 4.90 Å². The van der Waals surface area contributed by atoms with E-state index >= 15 is 0 Å². The smallest absolute Gasteiger partial charge is 0.0480 e. The topological polar surface area (TPSA) is 3.24 Å². The summed E-state index contributed by atoms with van der Waals surface area (Å²) in [6.07, 6.45) is 0. The summed E-state index contributed by atoms with van der Waals surface area (Å²) in [6, 6.07) is 35.6. The van der Waals surface area contributed by atoms with E-state index in [1.165, 1.54) is 0 Å². The minimum absolute atomic E-state index is 0.462. The molecule has 4 aromatic rings. The Kier molecular flexibility index (Phi) is 6.19. The Hall–Kier alpha value is -2.74. The van der Waals surface area contributed by atoms with Crippen molar-refractivity contribution in [1.29, 1.82) is 0 Å². The first-order chi connectivity index (χ1) is 14.3. The Balaban J connectivity index is 1.85. The second-order valence-electron chi connectivity index (χ2n) is 6.82. The number of alkyl halides is 2. The van der Waals surface area contributed by atoms with Crippen molar-refractivity contribution in [1.82, 2.24) is 0 Å². The Morgan fingerprint density at radius 3 is 1.76 bits per heavy atom. The molecule has 0 atom stereocenters. The van der Waals surface area contributed by atoms with E-state index in [0.717, 1.165) is 39.3 Å². The Morgan fingerprint density at radius 2 is 1.17 bits per heavy atom. The fourth-order valence-electron chi connectivity index (χ4n) is 3.51. The molecule has 4 rings (SSSR count). The lowest BCUT2D eigenvalue weighted by Crippen LogP contribution is -2.09. The zero-order valence-electron chi connectivity index (χ0n) is 15.9. The van der Waals surface area contributed by atoms with Gasteiger partial charge in [-0.3, -0.25) is 0 Å². The number of rotatable bonds is 6. The maximum absolute atomic E-state index is 6.23. The van der Waals surface area contributed by atoms with Gasteiger partial charge in [0.15, 0.2) is 0 Å². The van der Waals surface area contributed by atoms with E-state index in [1.807, 2.05) is 18.2 Å². The van der Waals surface area contributed by atoms with E-state index in [1.54, 1.807) is 0 Å².